The van der Waals surface area contributed by atoms with Gasteiger partial charge in [0, 0.05) is 12.6 Å². The van der Waals surface area contributed by atoms with Crippen molar-refractivity contribution in [1.82, 2.24) is 10.2 Å². The number of nitrogens with one attached hydrogen (secondary N) is 1. The van der Waals surface area contributed by atoms with E-state index in [0.717, 1.165) is 31.2 Å². The van der Waals surface area contributed by atoms with E-state index in [4.69, 9.17) is 14.2 Å². The van der Waals surface area contributed by atoms with Crippen LogP contribution in [-0.2, 0) is 16.1 Å². The number of ether oxygens (including phenoxy) is 3. The molecule has 1 N–H and O–H groups in total. The Hall–Kier alpha value is -4.00. The van der Waals surface area contributed by atoms with Crippen molar-refractivity contribution in [1.29, 1.82) is 0 Å². The van der Waals surface area contributed by atoms with E-state index in [1.165, 1.54) is 0 Å². The largest absolute Gasteiger partial charge is 0.497 e. The summed E-state index contributed by atoms with van der Waals surface area (Å²) in [5.74, 6) is 1.30. The second-order valence-corrected chi connectivity index (χ2v) is 9.48. The molecular formula is C30H32N2O5. The molecule has 1 heterocycles. The summed E-state index contributed by atoms with van der Waals surface area (Å²) in [5.41, 5.74) is 1.62. The molecule has 192 valence electrons. The van der Waals surface area contributed by atoms with Gasteiger partial charge in [0.1, 0.15) is 18.4 Å². The number of rotatable bonds is 8. The van der Waals surface area contributed by atoms with Gasteiger partial charge in [-0.15, -0.1) is 0 Å². The van der Waals surface area contributed by atoms with Crippen LogP contribution in [0.4, 0.5) is 0 Å². The third-order valence-electron chi connectivity index (χ3n) is 6.96. The van der Waals surface area contributed by atoms with Crippen LogP contribution in [0.2, 0.25) is 0 Å². The zero-order valence-corrected chi connectivity index (χ0v) is 21.0. The van der Waals surface area contributed by atoms with E-state index in [-0.39, 0.29) is 31.0 Å². The summed E-state index contributed by atoms with van der Waals surface area (Å²) >= 11 is 0. The minimum absolute atomic E-state index is 0.0702. The van der Waals surface area contributed by atoms with Crippen molar-refractivity contribution in [3.63, 3.8) is 0 Å². The minimum atomic E-state index is -0.876. The molecule has 37 heavy (non-hydrogen) atoms. The molecule has 7 nitrogen and oxygen atoms in total. The van der Waals surface area contributed by atoms with Crippen LogP contribution in [0, 0.1) is 0 Å². The van der Waals surface area contributed by atoms with Crippen LogP contribution in [0.3, 0.4) is 0 Å². The minimum Gasteiger partial charge on any atom is -0.497 e. The lowest BCUT2D eigenvalue weighted by Gasteiger charge is -2.36. The molecular weight excluding hydrogens is 468 g/mol. The van der Waals surface area contributed by atoms with Gasteiger partial charge in [0.25, 0.3) is 5.91 Å². The lowest BCUT2D eigenvalue weighted by atomic mass is 10.0. The monoisotopic (exact) mass is 500 g/mol. The van der Waals surface area contributed by atoms with Crippen molar-refractivity contribution in [2.24, 2.45) is 0 Å². The van der Waals surface area contributed by atoms with E-state index < -0.39 is 12.1 Å². The molecule has 2 amide bonds. The summed E-state index contributed by atoms with van der Waals surface area (Å²) in [6.07, 6.45) is 3.21. The number of amides is 2. The normalized spacial score (nSPS) is 17.6. The molecule has 5 rings (SSSR count). The van der Waals surface area contributed by atoms with Crippen molar-refractivity contribution < 1.29 is 23.8 Å². The summed E-state index contributed by atoms with van der Waals surface area (Å²) in [6, 6.07) is 23.6. The van der Waals surface area contributed by atoms with Crippen LogP contribution in [0.15, 0.2) is 78.9 Å². The van der Waals surface area contributed by atoms with Gasteiger partial charge in [0.2, 0.25) is 12.0 Å². The lowest BCUT2D eigenvalue weighted by molar-refractivity contribution is -0.149. The number of benzene rings is 3. The predicted molar refractivity (Wildman–Crippen MR) is 139 cm³/mol. The third kappa shape index (κ3) is 5.71. The van der Waals surface area contributed by atoms with Crippen LogP contribution in [0.1, 0.15) is 42.9 Å². The van der Waals surface area contributed by atoms with Crippen LogP contribution < -0.4 is 19.5 Å². The Morgan fingerprint density at radius 3 is 2.32 bits per heavy atom. The number of hydrogen-bond acceptors (Lipinski definition) is 5. The smallest absolute Gasteiger partial charge is 0.268 e. The number of methoxy groups -OCH3 is 1. The summed E-state index contributed by atoms with van der Waals surface area (Å²) in [4.78, 5) is 29.6. The van der Waals surface area contributed by atoms with Gasteiger partial charge in [0.05, 0.1) is 7.11 Å². The highest BCUT2D eigenvalue weighted by atomic mass is 16.6. The van der Waals surface area contributed by atoms with Crippen LogP contribution >= 0.6 is 0 Å². The molecule has 1 aliphatic heterocycles. The lowest BCUT2D eigenvalue weighted by Crippen LogP contribution is -2.51. The molecule has 1 saturated carbocycles. The molecule has 0 unspecified atom stereocenters. The number of hydrogen-bond donors (Lipinski definition) is 1. The van der Waals surface area contributed by atoms with Gasteiger partial charge in [-0.3, -0.25) is 9.59 Å². The van der Waals surface area contributed by atoms with E-state index in [1.807, 2.05) is 72.8 Å². The molecule has 3 aromatic rings. The molecule has 2 atom stereocenters. The Kier molecular flexibility index (Phi) is 7.59. The predicted octanol–water partition coefficient (Wildman–Crippen LogP) is 4.66. The van der Waals surface area contributed by atoms with Gasteiger partial charge < -0.3 is 24.4 Å². The average molecular weight is 501 g/mol. The number of para-hydroxylation sites is 2. The van der Waals surface area contributed by atoms with Crippen molar-refractivity contribution in [3.8, 4) is 17.2 Å². The molecule has 2 aliphatic rings. The fraction of sp³-hybridized carbons (Fsp3) is 0.333. The van der Waals surface area contributed by atoms with Gasteiger partial charge >= 0.3 is 0 Å². The van der Waals surface area contributed by atoms with Crippen LogP contribution in [0.25, 0.3) is 0 Å². The Morgan fingerprint density at radius 1 is 0.946 bits per heavy atom. The highest BCUT2D eigenvalue weighted by Gasteiger charge is 2.39. The molecule has 0 aromatic heterocycles. The highest BCUT2D eigenvalue weighted by molar-refractivity contribution is 5.91. The topological polar surface area (TPSA) is 77.1 Å². The first-order valence-electron chi connectivity index (χ1n) is 12.8. The number of carbonyl (C=O) groups is 2. The van der Waals surface area contributed by atoms with E-state index >= 15 is 0 Å². The van der Waals surface area contributed by atoms with E-state index in [2.05, 4.69) is 5.32 Å². The maximum atomic E-state index is 14.1. The second kappa shape index (κ2) is 11.4. The molecule has 0 saturated heterocycles. The SMILES string of the molecule is COc1ccc([C@H](C(=O)NC2CCCC2)N(Cc2ccccc2)C(=O)[C@@H]2COc3ccccc3O2)cc1. The van der Waals surface area contributed by atoms with Gasteiger partial charge in [-0.25, -0.2) is 0 Å². The van der Waals surface area contributed by atoms with E-state index in [1.54, 1.807) is 18.1 Å². The Balaban J connectivity index is 1.50. The van der Waals surface area contributed by atoms with E-state index in [9.17, 15) is 9.59 Å². The van der Waals surface area contributed by atoms with Crippen molar-refractivity contribution in [3.05, 3.63) is 90.0 Å². The van der Waals surface area contributed by atoms with Gasteiger partial charge in [-0.2, -0.15) is 0 Å². The molecule has 1 aliphatic carbocycles. The third-order valence-corrected chi connectivity index (χ3v) is 6.96. The van der Waals surface area contributed by atoms with Crippen LogP contribution in [0.5, 0.6) is 17.2 Å². The van der Waals surface area contributed by atoms with Gasteiger partial charge in [0.15, 0.2) is 11.5 Å². The van der Waals surface area contributed by atoms with E-state index in [0.29, 0.717) is 22.8 Å². The number of fused-ring (bicyclic) bond motifs is 1. The second-order valence-electron chi connectivity index (χ2n) is 9.48. The Labute approximate surface area is 217 Å². The fourth-order valence-electron chi connectivity index (χ4n) is 5.01. The summed E-state index contributed by atoms with van der Waals surface area (Å²) in [7, 11) is 1.60. The summed E-state index contributed by atoms with van der Waals surface area (Å²) in [6.45, 7) is 0.316. The molecule has 0 bridgehead atoms. The first-order valence-corrected chi connectivity index (χ1v) is 12.8. The number of nitrogens with zero attached hydrogens (tertiary/aromatic N) is 1. The first kappa shape index (κ1) is 24.7. The Bertz CT molecular complexity index is 1210. The summed E-state index contributed by atoms with van der Waals surface area (Å²) in [5, 5.41) is 3.21. The summed E-state index contributed by atoms with van der Waals surface area (Å²) < 4.78 is 17.3. The van der Waals surface area contributed by atoms with Crippen molar-refractivity contribution in [2.45, 2.75) is 50.4 Å². The first-order chi connectivity index (χ1) is 18.1. The van der Waals surface area contributed by atoms with Gasteiger partial charge in [-0.1, -0.05) is 67.4 Å². The standard InChI is InChI=1S/C30H32N2O5/c1-35-24-17-15-22(16-18-24)28(29(33)31-23-11-5-6-12-23)32(19-21-9-3-2-4-10-21)30(34)27-20-36-25-13-7-8-14-26(25)37-27/h2-4,7-10,13-18,23,27-28H,5-6,11-12,19-20H2,1H3,(H,31,33)/t27-,28+/m0/s1. The quantitative estimate of drug-likeness (QED) is 0.487. The fourth-order valence-corrected chi connectivity index (χ4v) is 5.01. The zero-order valence-electron chi connectivity index (χ0n) is 21.0. The number of carbonyl (C=O) groups excluding carboxylic acids is 2. The molecule has 0 radical (unpaired) electrons. The molecule has 0 spiro atoms. The van der Waals surface area contributed by atoms with Crippen LogP contribution in [-0.4, -0.2) is 42.6 Å². The molecule has 1 fully saturated rings. The average Bonchev–Trinajstić information content (AvgIpc) is 3.46. The molecule has 3 aromatic carbocycles. The van der Waals surface area contributed by atoms with Gasteiger partial charge in [-0.05, 0) is 48.2 Å². The Morgan fingerprint density at radius 2 is 1.62 bits per heavy atom. The molecule has 7 heteroatoms. The maximum Gasteiger partial charge on any atom is 0.268 e. The van der Waals surface area contributed by atoms with Crippen molar-refractivity contribution >= 4 is 11.8 Å². The van der Waals surface area contributed by atoms with Crippen molar-refractivity contribution in [2.75, 3.05) is 13.7 Å². The zero-order chi connectivity index (χ0) is 25.6. The maximum absolute atomic E-state index is 14.1. The highest BCUT2D eigenvalue weighted by Crippen LogP contribution is 2.33.